The van der Waals surface area contributed by atoms with Crippen molar-refractivity contribution < 1.29 is 9.53 Å². The Kier molecular flexibility index (Phi) is 4.77. The molecule has 0 amide bonds. The number of rotatable bonds is 5. The summed E-state index contributed by atoms with van der Waals surface area (Å²) in [4.78, 5) is 11.3. The van der Waals surface area contributed by atoms with Gasteiger partial charge in [-0.2, -0.15) is 0 Å². The Bertz CT molecular complexity index is 593. The van der Waals surface area contributed by atoms with Crippen LogP contribution in [0.5, 0.6) is 5.75 Å². The summed E-state index contributed by atoms with van der Waals surface area (Å²) in [6.07, 6.45) is 0.376. The van der Waals surface area contributed by atoms with Gasteiger partial charge in [-0.05, 0) is 30.2 Å². The summed E-state index contributed by atoms with van der Waals surface area (Å²) in [5, 5.41) is 3.34. The number of hydrogen-bond donors (Lipinski definition) is 1. The van der Waals surface area contributed by atoms with E-state index < -0.39 is 0 Å². The summed E-state index contributed by atoms with van der Waals surface area (Å²) in [6.45, 7) is 4.62. The zero-order chi connectivity index (χ0) is 14.4. The van der Waals surface area contributed by atoms with Crippen molar-refractivity contribution >= 4 is 11.7 Å². The quantitative estimate of drug-likeness (QED) is 0.660. The number of benzene rings is 2. The average molecular weight is 269 g/mol. The Hall–Kier alpha value is -2.29. The number of carbonyl (C=O) groups excluding carboxylic acids is 1. The van der Waals surface area contributed by atoms with Crippen molar-refractivity contribution in [2.75, 3.05) is 5.32 Å². The van der Waals surface area contributed by atoms with E-state index in [1.807, 2.05) is 30.3 Å². The fraction of sp³-hybridized carbons (Fsp3) is 0.235. The molecule has 0 aliphatic carbocycles. The maximum atomic E-state index is 11.3. The molecule has 2 rings (SSSR count). The lowest BCUT2D eigenvalue weighted by molar-refractivity contribution is -0.134. The SMILES string of the molecule is CCC(=O)Oc1cccc(NCc2ccccc2C)c1. The van der Waals surface area contributed by atoms with Crippen molar-refractivity contribution in [2.24, 2.45) is 0 Å². The Morgan fingerprint density at radius 2 is 1.95 bits per heavy atom. The van der Waals surface area contributed by atoms with Crippen molar-refractivity contribution in [3.8, 4) is 5.75 Å². The number of ether oxygens (including phenoxy) is 1. The number of aryl methyl sites for hydroxylation is 1. The van der Waals surface area contributed by atoms with Crippen LogP contribution in [0.2, 0.25) is 0 Å². The highest BCUT2D eigenvalue weighted by atomic mass is 16.5. The van der Waals surface area contributed by atoms with Crippen molar-refractivity contribution in [1.29, 1.82) is 0 Å². The second-order valence-electron chi connectivity index (χ2n) is 4.64. The molecule has 0 aliphatic heterocycles. The van der Waals surface area contributed by atoms with Crippen LogP contribution in [0.25, 0.3) is 0 Å². The maximum Gasteiger partial charge on any atom is 0.310 e. The minimum atomic E-state index is -0.221. The molecule has 0 saturated carbocycles. The van der Waals surface area contributed by atoms with Gasteiger partial charge >= 0.3 is 5.97 Å². The van der Waals surface area contributed by atoms with Crippen molar-refractivity contribution in [1.82, 2.24) is 0 Å². The van der Waals surface area contributed by atoms with E-state index in [1.54, 1.807) is 13.0 Å². The van der Waals surface area contributed by atoms with Crippen LogP contribution >= 0.6 is 0 Å². The van der Waals surface area contributed by atoms with Crippen LogP contribution in [0.1, 0.15) is 24.5 Å². The van der Waals surface area contributed by atoms with E-state index in [-0.39, 0.29) is 5.97 Å². The first kappa shape index (κ1) is 14.1. The topological polar surface area (TPSA) is 38.3 Å². The monoisotopic (exact) mass is 269 g/mol. The molecule has 0 heterocycles. The minimum absolute atomic E-state index is 0.221. The summed E-state index contributed by atoms with van der Waals surface area (Å²) in [6, 6.07) is 15.7. The van der Waals surface area contributed by atoms with Gasteiger partial charge < -0.3 is 10.1 Å². The van der Waals surface area contributed by atoms with Crippen LogP contribution in [0, 0.1) is 6.92 Å². The molecule has 0 aromatic heterocycles. The van der Waals surface area contributed by atoms with Crippen LogP contribution < -0.4 is 10.1 Å². The Morgan fingerprint density at radius 1 is 1.15 bits per heavy atom. The van der Waals surface area contributed by atoms with E-state index in [0.717, 1.165) is 12.2 Å². The first-order valence-electron chi connectivity index (χ1n) is 6.78. The van der Waals surface area contributed by atoms with Gasteiger partial charge in [-0.3, -0.25) is 4.79 Å². The highest BCUT2D eigenvalue weighted by Gasteiger charge is 2.03. The van der Waals surface area contributed by atoms with Crippen LogP contribution in [-0.2, 0) is 11.3 Å². The van der Waals surface area contributed by atoms with E-state index in [0.29, 0.717) is 12.2 Å². The molecule has 104 valence electrons. The summed E-state index contributed by atoms with van der Waals surface area (Å²) in [7, 11) is 0. The highest BCUT2D eigenvalue weighted by Crippen LogP contribution is 2.19. The van der Waals surface area contributed by atoms with E-state index in [1.165, 1.54) is 11.1 Å². The van der Waals surface area contributed by atoms with Gasteiger partial charge in [-0.25, -0.2) is 0 Å². The lowest BCUT2D eigenvalue weighted by Crippen LogP contribution is -2.06. The Balaban J connectivity index is 2.01. The van der Waals surface area contributed by atoms with Crippen LogP contribution in [0.15, 0.2) is 48.5 Å². The first-order chi connectivity index (χ1) is 9.69. The zero-order valence-electron chi connectivity index (χ0n) is 11.8. The molecule has 0 bridgehead atoms. The average Bonchev–Trinajstić information content (AvgIpc) is 2.47. The van der Waals surface area contributed by atoms with Gasteiger partial charge in [0.2, 0.25) is 0 Å². The van der Waals surface area contributed by atoms with Crippen molar-refractivity contribution in [2.45, 2.75) is 26.8 Å². The molecule has 0 spiro atoms. The van der Waals surface area contributed by atoms with E-state index in [4.69, 9.17) is 4.74 Å². The largest absolute Gasteiger partial charge is 0.426 e. The second kappa shape index (κ2) is 6.75. The fourth-order valence-corrected chi connectivity index (χ4v) is 1.88. The molecule has 0 saturated heterocycles. The summed E-state index contributed by atoms with van der Waals surface area (Å²) in [5.41, 5.74) is 3.45. The normalized spacial score (nSPS) is 10.1. The van der Waals surface area contributed by atoms with Gasteiger partial charge in [-0.1, -0.05) is 37.3 Å². The molecule has 2 aromatic rings. The van der Waals surface area contributed by atoms with E-state index in [2.05, 4.69) is 24.4 Å². The number of anilines is 1. The van der Waals surface area contributed by atoms with Gasteiger partial charge in [0.1, 0.15) is 5.75 Å². The third kappa shape index (κ3) is 3.85. The second-order valence-corrected chi connectivity index (χ2v) is 4.64. The third-order valence-corrected chi connectivity index (χ3v) is 3.10. The molecule has 1 N–H and O–H groups in total. The predicted molar refractivity (Wildman–Crippen MR) is 80.9 cm³/mol. The molecule has 0 aliphatic rings. The molecule has 0 unspecified atom stereocenters. The summed E-state index contributed by atoms with van der Waals surface area (Å²) in [5.74, 6) is 0.354. The molecule has 0 fully saturated rings. The lowest BCUT2D eigenvalue weighted by Gasteiger charge is -2.10. The van der Waals surface area contributed by atoms with Gasteiger partial charge in [-0.15, -0.1) is 0 Å². The van der Waals surface area contributed by atoms with Crippen molar-refractivity contribution in [3.05, 3.63) is 59.7 Å². The van der Waals surface area contributed by atoms with Crippen LogP contribution in [-0.4, -0.2) is 5.97 Å². The number of nitrogens with one attached hydrogen (secondary N) is 1. The van der Waals surface area contributed by atoms with Gasteiger partial charge in [0.25, 0.3) is 0 Å². The van der Waals surface area contributed by atoms with Crippen molar-refractivity contribution in [3.63, 3.8) is 0 Å². The maximum absolute atomic E-state index is 11.3. The van der Waals surface area contributed by atoms with Gasteiger partial charge in [0.15, 0.2) is 0 Å². The molecular formula is C17H19NO2. The number of esters is 1. The molecule has 2 aromatic carbocycles. The summed E-state index contributed by atoms with van der Waals surface area (Å²) >= 11 is 0. The van der Waals surface area contributed by atoms with Crippen LogP contribution in [0.3, 0.4) is 0 Å². The Morgan fingerprint density at radius 3 is 2.70 bits per heavy atom. The summed E-state index contributed by atoms with van der Waals surface area (Å²) < 4.78 is 5.20. The van der Waals surface area contributed by atoms with E-state index in [9.17, 15) is 4.79 Å². The smallest absolute Gasteiger partial charge is 0.310 e. The lowest BCUT2D eigenvalue weighted by atomic mass is 10.1. The molecule has 0 atom stereocenters. The fourth-order valence-electron chi connectivity index (χ4n) is 1.88. The molecule has 3 nitrogen and oxygen atoms in total. The molecular weight excluding hydrogens is 250 g/mol. The molecule has 20 heavy (non-hydrogen) atoms. The predicted octanol–water partition coefficient (Wildman–Crippen LogP) is 3.92. The molecule has 3 heteroatoms. The number of hydrogen-bond acceptors (Lipinski definition) is 3. The minimum Gasteiger partial charge on any atom is -0.426 e. The highest BCUT2D eigenvalue weighted by molar-refractivity contribution is 5.72. The number of carbonyl (C=O) groups is 1. The zero-order valence-corrected chi connectivity index (χ0v) is 11.8. The molecule has 0 radical (unpaired) electrons. The van der Waals surface area contributed by atoms with Gasteiger partial charge in [0, 0.05) is 24.7 Å². The first-order valence-corrected chi connectivity index (χ1v) is 6.78. The van der Waals surface area contributed by atoms with Crippen LogP contribution in [0.4, 0.5) is 5.69 Å². The third-order valence-electron chi connectivity index (χ3n) is 3.10. The Labute approximate surface area is 119 Å². The van der Waals surface area contributed by atoms with Gasteiger partial charge in [0.05, 0.1) is 0 Å². The van der Waals surface area contributed by atoms with E-state index >= 15 is 0 Å². The standard InChI is InChI=1S/C17H19NO2/c1-3-17(19)20-16-10-6-9-15(11-16)18-12-14-8-5-4-7-13(14)2/h4-11,18H,3,12H2,1-2H3.